The van der Waals surface area contributed by atoms with Gasteiger partial charge in [0.15, 0.2) is 0 Å². The van der Waals surface area contributed by atoms with Gasteiger partial charge in [-0.25, -0.2) is 9.37 Å². The highest BCUT2D eigenvalue weighted by Gasteiger charge is 2.41. The van der Waals surface area contributed by atoms with Crippen LogP contribution in [-0.2, 0) is 4.79 Å². The van der Waals surface area contributed by atoms with Gasteiger partial charge in [-0.05, 0) is 55.5 Å². The van der Waals surface area contributed by atoms with Gasteiger partial charge in [0.2, 0.25) is 5.91 Å². The van der Waals surface area contributed by atoms with E-state index >= 15 is 0 Å². The Kier molecular flexibility index (Phi) is 6.82. The average Bonchev–Trinajstić information content (AvgIpc) is 3.15. The summed E-state index contributed by atoms with van der Waals surface area (Å²) in [5.41, 5.74) is 0.926. The number of carbonyl (C=O) groups excluding carboxylic acids is 1. The number of hydrogen-bond acceptors (Lipinski definition) is 5. The second-order valence-corrected chi connectivity index (χ2v) is 9.91. The SMILES string of the molecule is CC1=NC(C(=O)N2CCCC(C)C2CNc2ccc(Cl)cn2)C(c2ccc(F)cc2)S1. The molecule has 4 atom stereocenters. The number of piperidine rings is 1. The number of thioether (sulfide) groups is 1. The maximum Gasteiger partial charge on any atom is 0.249 e. The maximum atomic E-state index is 13.7. The zero-order valence-electron chi connectivity index (χ0n) is 17.6. The summed E-state index contributed by atoms with van der Waals surface area (Å²) in [7, 11) is 0. The number of pyridine rings is 1. The summed E-state index contributed by atoms with van der Waals surface area (Å²) in [4.78, 5) is 24.6. The van der Waals surface area contributed by atoms with Crippen LogP contribution in [0.3, 0.4) is 0 Å². The first-order valence-electron chi connectivity index (χ1n) is 10.5. The summed E-state index contributed by atoms with van der Waals surface area (Å²) in [6.45, 7) is 5.45. The summed E-state index contributed by atoms with van der Waals surface area (Å²) in [6, 6.07) is 9.60. The molecule has 5 nitrogen and oxygen atoms in total. The summed E-state index contributed by atoms with van der Waals surface area (Å²) in [6.07, 6.45) is 3.66. The molecular weight excluding hydrogens is 435 g/mol. The number of carbonyl (C=O) groups is 1. The van der Waals surface area contributed by atoms with Crippen LogP contribution in [0.25, 0.3) is 0 Å². The smallest absolute Gasteiger partial charge is 0.249 e. The molecule has 0 spiro atoms. The highest BCUT2D eigenvalue weighted by atomic mass is 35.5. The maximum absolute atomic E-state index is 13.7. The van der Waals surface area contributed by atoms with Crippen molar-refractivity contribution < 1.29 is 9.18 Å². The minimum absolute atomic E-state index is 0.0427. The lowest BCUT2D eigenvalue weighted by molar-refractivity contribution is -0.137. The summed E-state index contributed by atoms with van der Waals surface area (Å²) < 4.78 is 13.4. The van der Waals surface area contributed by atoms with E-state index in [9.17, 15) is 9.18 Å². The van der Waals surface area contributed by atoms with Gasteiger partial charge < -0.3 is 10.2 Å². The van der Waals surface area contributed by atoms with Gasteiger partial charge in [0.05, 0.1) is 21.4 Å². The van der Waals surface area contributed by atoms with Gasteiger partial charge in [0, 0.05) is 19.3 Å². The molecule has 1 N–H and O–H groups in total. The van der Waals surface area contributed by atoms with E-state index in [1.165, 1.54) is 12.1 Å². The van der Waals surface area contributed by atoms with Gasteiger partial charge in [-0.2, -0.15) is 0 Å². The van der Waals surface area contributed by atoms with Gasteiger partial charge in [-0.3, -0.25) is 9.79 Å². The van der Waals surface area contributed by atoms with Crippen LogP contribution in [-0.4, -0.2) is 46.0 Å². The van der Waals surface area contributed by atoms with Gasteiger partial charge in [-0.15, -0.1) is 11.8 Å². The third-order valence-electron chi connectivity index (χ3n) is 5.98. The fourth-order valence-corrected chi connectivity index (χ4v) is 5.58. The standard InChI is InChI=1S/C23H26ClFN4OS/c1-14-4-3-11-29(19(14)13-27-20-10-7-17(24)12-26-20)23(30)21-22(31-15(2)28-21)16-5-8-18(25)9-6-16/h5-10,12,14,19,21-22H,3-4,11,13H2,1-2H3,(H,26,27). The van der Waals surface area contributed by atoms with Crippen molar-refractivity contribution in [3.05, 3.63) is 59.0 Å². The normalized spacial score (nSPS) is 25.9. The minimum Gasteiger partial charge on any atom is -0.368 e. The number of aromatic nitrogens is 1. The number of benzene rings is 1. The molecule has 1 aromatic carbocycles. The zero-order chi connectivity index (χ0) is 22.0. The summed E-state index contributed by atoms with van der Waals surface area (Å²) >= 11 is 7.51. The van der Waals surface area contributed by atoms with Crippen molar-refractivity contribution in [2.45, 2.75) is 44.0 Å². The molecule has 1 saturated heterocycles. The molecule has 1 amide bonds. The van der Waals surface area contributed by atoms with Gasteiger partial charge in [-0.1, -0.05) is 30.7 Å². The number of anilines is 1. The monoisotopic (exact) mass is 460 g/mol. The van der Waals surface area contributed by atoms with Crippen molar-refractivity contribution in [3.8, 4) is 0 Å². The number of rotatable bonds is 5. The summed E-state index contributed by atoms with van der Waals surface area (Å²) in [5.74, 6) is 0.866. The second kappa shape index (κ2) is 9.57. The summed E-state index contributed by atoms with van der Waals surface area (Å²) in [5, 5.41) is 4.71. The number of aliphatic imine (C=N–C) groups is 1. The largest absolute Gasteiger partial charge is 0.368 e. The number of halogens is 2. The minimum atomic E-state index is -0.489. The predicted octanol–water partition coefficient (Wildman–Crippen LogP) is 5.19. The van der Waals surface area contributed by atoms with Crippen LogP contribution >= 0.6 is 23.4 Å². The Labute approximate surface area is 191 Å². The number of nitrogens with one attached hydrogen (secondary N) is 1. The fraction of sp³-hybridized carbons (Fsp3) is 0.435. The molecule has 0 aliphatic carbocycles. The Hall–Kier alpha value is -2.12. The third kappa shape index (κ3) is 5.04. The second-order valence-electron chi connectivity index (χ2n) is 8.14. The van der Waals surface area contributed by atoms with E-state index in [1.54, 1.807) is 36.2 Å². The molecule has 2 aliphatic rings. The van der Waals surface area contributed by atoms with Crippen molar-refractivity contribution in [2.75, 3.05) is 18.4 Å². The molecule has 2 aliphatic heterocycles. The molecule has 164 valence electrons. The highest BCUT2D eigenvalue weighted by Crippen LogP contribution is 2.41. The quantitative estimate of drug-likeness (QED) is 0.667. The molecular formula is C23H26ClFN4OS. The molecule has 1 aromatic heterocycles. The zero-order valence-corrected chi connectivity index (χ0v) is 19.2. The van der Waals surface area contributed by atoms with Crippen LogP contribution in [0.5, 0.6) is 0 Å². The van der Waals surface area contributed by atoms with Crippen molar-refractivity contribution >= 4 is 40.1 Å². The molecule has 8 heteroatoms. The molecule has 0 radical (unpaired) electrons. The Balaban J connectivity index is 1.52. The Morgan fingerprint density at radius 2 is 2.06 bits per heavy atom. The Bertz CT molecular complexity index is 953. The van der Waals surface area contributed by atoms with Gasteiger partial charge in [0.1, 0.15) is 17.7 Å². The highest BCUT2D eigenvalue weighted by molar-refractivity contribution is 8.14. The number of nitrogens with zero attached hydrogens (tertiary/aromatic N) is 3. The fourth-order valence-electron chi connectivity index (χ4n) is 4.32. The first-order valence-corrected chi connectivity index (χ1v) is 11.8. The number of amides is 1. The molecule has 4 unspecified atom stereocenters. The van der Waals surface area contributed by atoms with E-state index < -0.39 is 6.04 Å². The van der Waals surface area contributed by atoms with Crippen molar-refractivity contribution in [1.29, 1.82) is 0 Å². The van der Waals surface area contributed by atoms with Crippen molar-refractivity contribution in [2.24, 2.45) is 10.9 Å². The van der Waals surface area contributed by atoms with Crippen LogP contribution < -0.4 is 5.32 Å². The molecule has 0 saturated carbocycles. The van der Waals surface area contributed by atoms with E-state index in [1.807, 2.05) is 17.9 Å². The van der Waals surface area contributed by atoms with Crippen LogP contribution in [0.15, 0.2) is 47.6 Å². The molecule has 4 rings (SSSR count). The molecule has 31 heavy (non-hydrogen) atoms. The molecule has 3 heterocycles. The van der Waals surface area contributed by atoms with E-state index in [0.717, 1.165) is 35.8 Å². The Morgan fingerprint density at radius 3 is 2.77 bits per heavy atom. The van der Waals surface area contributed by atoms with Crippen LogP contribution in [0.1, 0.15) is 37.5 Å². The molecule has 2 aromatic rings. The van der Waals surface area contributed by atoms with E-state index in [4.69, 9.17) is 11.6 Å². The average molecular weight is 461 g/mol. The topological polar surface area (TPSA) is 57.6 Å². The molecule has 0 bridgehead atoms. The first kappa shape index (κ1) is 22.1. The third-order valence-corrected chi connectivity index (χ3v) is 7.43. The number of hydrogen-bond donors (Lipinski definition) is 1. The lowest BCUT2D eigenvalue weighted by Gasteiger charge is -2.41. The first-order chi connectivity index (χ1) is 14.9. The van der Waals surface area contributed by atoms with Gasteiger partial charge >= 0.3 is 0 Å². The van der Waals surface area contributed by atoms with Crippen LogP contribution in [0.4, 0.5) is 10.2 Å². The predicted molar refractivity (Wildman–Crippen MR) is 125 cm³/mol. The van der Waals surface area contributed by atoms with Crippen molar-refractivity contribution in [3.63, 3.8) is 0 Å². The van der Waals surface area contributed by atoms with Crippen LogP contribution in [0.2, 0.25) is 5.02 Å². The van der Waals surface area contributed by atoms with Crippen molar-refractivity contribution in [1.82, 2.24) is 9.88 Å². The van der Waals surface area contributed by atoms with E-state index in [-0.39, 0.29) is 23.0 Å². The van der Waals surface area contributed by atoms with E-state index in [2.05, 4.69) is 22.2 Å². The number of likely N-dealkylation sites (tertiary alicyclic amines) is 1. The Morgan fingerprint density at radius 1 is 1.29 bits per heavy atom. The van der Waals surface area contributed by atoms with E-state index in [0.29, 0.717) is 17.5 Å². The lowest BCUT2D eigenvalue weighted by Crippen LogP contribution is -2.54. The van der Waals surface area contributed by atoms with Crippen LogP contribution in [0, 0.1) is 11.7 Å². The lowest BCUT2D eigenvalue weighted by atomic mass is 9.89. The molecule has 1 fully saturated rings. The van der Waals surface area contributed by atoms with Gasteiger partial charge in [0.25, 0.3) is 0 Å².